The summed E-state index contributed by atoms with van der Waals surface area (Å²) in [6.45, 7) is 4.17. The molecule has 2 aromatic carbocycles. The number of benzene rings is 2. The Hall–Kier alpha value is -3.35. The van der Waals surface area contributed by atoms with E-state index in [-0.39, 0.29) is 17.6 Å². The molecular formula is C20H22N4O3. The summed E-state index contributed by atoms with van der Waals surface area (Å²) in [6, 6.07) is 11.2. The van der Waals surface area contributed by atoms with E-state index in [4.69, 9.17) is 4.74 Å². The molecule has 3 N–H and O–H groups in total. The Morgan fingerprint density at radius 2 is 1.96 bits per heavy atom. The van der Waals surface area contributed by atoms with Gasteiger partial charge < -0.3 is 20.5 Å². The third kappa shape index (κ3) is 4.25. The topological polar surface area (TPSA) is 96.4 Å². The predicted molar refractivity (Wildman–Crippen MR) is 105 cm³/mol. The second-order valence-corrected chi connectivity index (χ2v) is 6.35. The van der Waals surface area contributed by atoms with Gasteiger partial charge >= 0.3 is 0 Å². The number of methoxy groups -OCH3 is 1. The molecule has 3 rings (SSSR count). The number of aromatic nitrogens is 2. The van der Waals surface area contributed by atoms with Crippen LogP contribution in [-0.2, 0) is 4.79 Å². The van der Waals surface area contributed by atoms with E-state index in [1.54, 1.807) is 12.1 Å². The van der Waals surface area contributed by atoms with Gasteiger partial charge in [0.15, 0.2) is 11.5 Å². The van der Waals surface area contributed by atoms with Crippen molar-refractivity contribution in [2.75, 3.05) is 19.0 Å². The molecule has 1 unspecified atom stereocenters. The van der Waals surface area contributed by atoms with Crippen LogP contribution in [0, 0.1) is 0 Å². The number of phenols is 1. The third-order valence-electron chi connectivity index (χ3n) is 4.34. The van der Waals surface area contributed by atoms with Gasteiger partial charge in [-0.15, -0.1) is 0 Å². The Balaban J connectivity index is 1.81. The van der Waals surface area contributed by atoms with E-state index in [1.165, 1.54) is 20.4 Å². The number of carbonyl (C=O) groups is 1. The highest BCUT2D eigenvalue weighted by Crippen LogP contribution is 2.33. The van der Waals surface area contributed by atoms with Crippen LogP contribution < -0.4 is 15.4 Å². The quantitative estimate of drug-likeness (QED) is 0.619. The first kappa shape index (κ1) is 18.4. The summed E-state index contributed by atoms with van der Waals surface area (Å²) in [6.07, 6.45) is 1.46. The van der Waals surface area contributed by atoms with Crippen molar-refractivity contribution < 1.29 is 14.6 Å². The molecule has 7 heteroatoms. The van der Waals surface area contributed by atoms with Crippen LogP contribution in [0.3, 0.4) is 0 Å². The van der Waals surface area contributed by atoms with Crippen LogP contribution in [0.4, 0.5) is 11.5 Å². The molecule has 0 radical (unpaired) electrons. The molecular weight excluding hydrogens is 344 g/mol. The molecule has 0 bridgehead atoms. The average Bonchev–Trinajstić information content (AvgIpc) is 2.66. The average molecular weight is 366 g/mol. The maximum atomic E-state index is 11.0. The van der Waals surface area contributed by atoms with Crippen molar-refractivity contribution in [1.29, 1.82) is 0 Å². The van der Waals surface area contributed by atoms with Crippen LogP contribution in [0.2, 0.25) is 0 Å². The van der Waals surface area contributed by atoms with Crippen molar-refractivity contribution in [3.05, 3.63) is 48.3 Å². The standard InChI is InChI=1S/C20H22N4O3/c1-12(10-21-13(2)25)14-4-6-15(7-5-14)24-20-16-8-18(26)19(27-3)9-17(16)22-11-23-20/h4-9,11-12,26H,10H2,1-3H3,(H,21,25)(H,22,23,24). The van der Waals surface area contributed by atoms with Crippen LogP contribution in [0.1, 0.15) is 25.3 Å². The molecule has 0 fully saturated rings. The number of amides is 1. The van der Waals surface area contributed by atoms with Crippen molar-refractivity contribution in [2.45, 2.75) is 19.8 Å². The van der Waals surface area contributed by atoms with E-state index in [1.807, 2.05) is 24.3 Å². The van der Waals surface area contributed by atoms with E-state index in [9.17, 15) is 9.90 Å². The lowest BCUT2D eigenvalue weighted by atomic mass is 10.0. The number of ether oxygens (including phenoxy) is 1. The Morgan fingerprint density at radius 1 is 1.22 bits per heavy atom. The number of phenolic OH excluding ortho intramolecular Hbond substituents is 1. The van der Waals surface area contributed by atoms with Crippen LogP contribution in [-0.4, -0.2) is 34.6 Å². The summed E-state index contributed by atoms with van der Waals surface area (Å²) in [5, 5.41) is 16.8. The van der Waals surface area contributed by atoms with Gasteiger partial charge in [0.25, 0.3) is 0 Å². The summed E-state index contributed by atoms with van der Waals surface area (Å²) in [4.78, 5) is 19.6. The second kappa shape index (κ2) is 7.90. The molecule has 1 aromatic heterocycles. The van der Waals surface area contributed by atoms with Crippen LogP contribution >= 0.6 is 0 Å². The van der Waals surface area contributed by atoms with Crippen LogP contribution in [0.5, 0.6) is 11.5 Å². The Bertz CT molecular complexity index is 957. The largest absolute Gasteiger partial charge is 0.504 e. The van der Waals surface area contributed by atoms with Gasteiger partial charge in [-0.05, 0) is 29.7 Å². The molecule has 0 saturated carbocycles. The molecule has 1 heterocycles. The maximum Gasteiger partial charge on any atom is 0.216 e. The summed E-state index contributed by atoms with van der Waals surface area (Å²) < 4.78 is 5.12. The second-order valence-electron chi connectivity index (χ2n) is 6.35. The highest BCUT2D eigenvalue weighted by atomic mass is 16.5. The lowest BCUT2D eigenvalue weighted by molar-refractivity contribution is -0.119. The minimum Gasteiger partial charge on any atom is -0.504 e. The number of nitrogens with one attached hydrogen (secondary N) is 2. The highest BCUT2D eigenvalue weighted by molar-refractivity contribution is 5.92. The van der Waals surface area contributed by atoms with Crippen molar-refractivity contribution in [3.63, 3.8) is 0 Å². The summed E-state index contributed by atoms with van der Waals surface area (Å²) in [5.41, 5.74) is 2.66. The predicted octanol–water partition coefficient (Wildman–Crippen LogP) is 3.33. The molecule has 1 atom stereocenters. The molecule has 7 nitrogen and oxygen atoms in total. The van der Waals surface area contributed by atoms with E-state index in [0.29, 0.717) is 29.0 Å². The molecule has 0 aliphatic heterocycles. The van der Waals surface area contributed by atoms with Gasteiger partial charge in [-0.1, -0.05) is 19.1 Å². The van der Waals surface area contributed by atoms with Gasteiger partial charge in [-0.25, -0.2) is 9.97 Å². The molecule has 0 saturated heterocycles. The first-order chi connectivity index (χ1) is 13.0. The third-order valence-corrected chi connectivity index (χ3v) is 4.34. The summed E-state index contributed by atoms with van der Waals surface area (Å²) in [7, 11) is 1.50. The zero-order valence-electron chi connectivity index (χ0n) is 15.5. The van der Waals surface area contributed by atoms with Crippen LogP contribution in [0.15, 0.2) is 42.7 Å². The SMILES string of the molecule is COc1cc2ncnc(Nc3ccc(C(C)CNC(C)=O)cc3)c2cc1O. The van der Waals surface area contributed by atoms with Gasteiger partial charge in [0.2, 0.25) is 5.91 Å². The number of hydrogen-bond donors (Lipinski definition) is 3. The maximum absolute atomic E-state index is 11.0. The Kier molecular flexibility index (Phi) is 5.40. The minimum absolute atomic E-state index is 0.0318. The van der Waals surface area contributed by atoms with Crippen molar-refractivity contribution in [3.8, 4) is 11.5 Å². The Labute approximate surface area is 157 Å². The molecule has 140 valence electrons. The number of anilines is 2. The minimum atomic E-state index is -0.0318. The molecule has 0 spiro atoms. The van der Waals surface area contributed by atoms with Crippen LogP contribution in [0.25, 0.3) is 10.9 Å². The molecule has 1 amide bonds. The van der Waals surface area contributed by atoms with Gasteiger partial charge in [0, 0.05) is 30.6 Å². The van der Waals surface area contributed by atoms with E-state index < -0.39 is 0 Å². The fraction of sp³-hybridized carbons (Fsp3) is 0.250. The first-order valence-electron chi connectivity index (χ1n) is 8.61. The monoisotopic (exact) mass is 366 g/mol. The van der Waals surface area contributed by atoms with Crippen molar-refractivity contribution in [1.82, 2.24) is 15.3 Å². The highest BCUT2D eigenvalue weighted by Gasteiger charge is 2.11. The van der Waals surface area contributed by atoms with Gasteiger partial charge in [0.05, 0.1) is 12.6 Å². The molecule has 3 aromatic rings. The van der Waals surface area contributed by atoms with E-state index in [0.717, 1.165) is 11.3 Å². The molecule has 0 aliphatic rings. The normalized spacial score (nSPS) is 11.8. The van der Waals surface area contributed by atoms with E-state index in [2.05, 4.69) is 27.5 Å². The fourth-order valence-electron chi connectivity index (χ4n) is 2.78. The zero-order chi connectivity index (χ0) is 19.4. The van der Waals surface area contributed by atoms with Gasteiger partial charge in [-0.3, -0.25) is 4.79 Å². The smallest absolute Gasteiger partial charge is 0.216 e. The number of hydrogen-bond acceptors (Lipinski definition) is 6. The van der Waals surface area contributed by atoms with Crippen molar-refractivity contribution in [2.24, 2.45) is 0 Å². The summed E-state index contributed by atoms with van der Waals surface area (Å²) >= 11 is 0. The lowest BCUT2D eigenvalue weighted by Crippen LogP contribution is -2.24. The first-order valence-corrected chi connectivity index (χ1v) is 8.61. The summed E-state index contributed by atoms with van der Waals surface area (Å²) in [5.74, 6) is 1.18. The zero-order valence-corrected chi connectivity index (χ0v) is 15.5. The Morgan fingerprint density at radius 3 is 2.63 bits per heavy atom. The number of rotatable bonds is 6. The van der Waals surface area contributed by atoms with E-state index >= 15 is 0 Å². The number of fused-ring (bicyclic) bond motifs is 1. The lowest BCUT2D eigenvalue weighted by Gasteiger charge is -2.14. The number of nitrogens with zero attached hydrogens (tertiary/aromatic N) is 2. The number of carbonyl (C=O) groups excluding carboxylic acids is 1. The van der Waals surface area contributed by atoms with Crippen molar-refractivity contribution >= 4 is 28.3 Å². The van der Waals surface area contributed by atoms with Gasteiger partial charge in [-0.2, -0.15) is 0 Å². The fourth-order valence-corrected chi connectivity index (χ4v) is 2.78. The van der Waals surface area contributed by atoms with Gasteiger partial charge in [0.1, 0.15) is 12.1 Å². The number of aromatic hydroxyl groups is 1. The molecule has 0 aliphatic carbocycles. The molecule has 27 heavy (non-hydrogen) atoms.